The van der Waals surface area contributed by atoms with Gasteiger partial charge in [0.05, 0.1) is 6.42 Å². The van der Waals surface area contributed by atoms with Gasteiger partial charge in [-0.15, -0.1) is 5.46 Å². The number of hydrogen-bond acceptors (Lipinski definition) is 0. The SMILES string of the molecule is F[B-](F)(F)c1cccc(CC(F)(F)F)c1.[K+]. The van der Waals surface area contributed by atoms with Crippen LogP contribution in [0.1, 0.15) is 5.56 Å². The fourth-order valence-electron chi connectivity index (χ4n) is 1.14. The second-order valence-corrected chi connectivity index (χ2v) is 3.11. The third-order valence-corrected chi connectivity index (χ3v) is 1.73. The average Bonchev–Trinajstić information content (AvgIpc) is 1.99. The van der Waals surface area contributed by atoms with Gasteiger partial charge in [-0.25, -0.2) is 0 Å². The predicted octanol–water partition coefficient (Wildman–Crippen LogP) is -0.150. The van der Waals surface area contributed by atoms with Gasteiger partial charge in [-0.3, -0.25) is 0 Å². The van der Waals surface area contributed by atoms with E-state index in [-0.39, 0.29) is 56.9 Å². The minimum absolute atomic E-state index is 0. The third kappa shape index (κ3) is 5.72. The number of halogens is 6. The summed E-state index contributed by atoms with van der Waals surface area (Å²) in [5.41, 5.74) is -1.38. The summed E-state index contributed by atoms with van der Waals surface area (Å²) < 4.78 is 72.2. The van der Waals surface area contributed by atoms with Gasteiger partial charge in [0.15, 0.2) is 0 Å². The summed E-state index contributed by atoms with van der Waals surface area (Å²) in [6.45, 7) is -5.24. The summed E-state index contributed by atoms with van der Waals surface area (Å²) in [5, 5.41) is 0. The molecule has 0 fully saturated rings. The van der Waals surface area contributed by atoms with Crippen molar-refractivity contribution in [3.05, 3.63) is 29.8 Å². The van der Waals surface area contributed by atoms with Gasteiger partial charge in [-0.05, 0) is 5.56 Å². The fraction of sp³-hybridized carbons (Fsp3) is 0.250. The van der Waals surface area contributed by atoms with Crippen LogP contribution in [0.25, 0.3) is 0 Å². The Bertz CT molecular complexity index is 345. The Labute approximate surface area is 131 Å². The van der Waals surface area contributed by atoms with Crippen molar-refractivity contribution in [2.24, 2.45) is 0 Å². The van der Waals surface area contributed by atoms with E-state index in [0.717, 1.165) is 18.2 Å². The maximum Gasteiger partial charge on any atom is 1.00 e. The van der Waals surface area contributed by atoms with Gasteiger partial charge in [-0.2, -0.15) is 13.2 Å². The molecule has 0 aliphatic rings. The minimum atomic E-state index is -5.24. The Kier molecular flexibility index (Phi) is 6.09. The predicted molar refractivity (Wildman–Crippen MR) is 44.9 cm³/mol. The molecule has 1 aromatic carbocycles. The molecule has 0 saturated heterocycles. The first-order valence-corrected chi connectivity index (χ1v) is 4.04. The molecule has 0 heterocycles. The number of benzene rings is 1. The van der Waals surface area contributed by atoms with Gasteiger partial charge in [0, 0.05) is 0 Å². The minimum Gasteiger partial charge on any atom is -0.445 e. The van der Waals surface area contributed by atoms with E-state index in [1.54, 1.807) is 0 Å². The van der Waals surface area contributed by atoms with E-state index in [9.17, 15) is 26.1 Å². The molecule has 0 amide bonds. The standard InChI is InChI=1S/C8H6BF6.K/c10-8(11,12)5-6-2-1-3-7(4-6)9(13,14)15;/h1-4H,5H2;/q-1;+1. The number of alkyl halides is 3. The van der Waals surface area contributed by atoms with E-state index in [1.165, 1.54) is 0 Å². The van der Waals surface area contributed by atoms with Crippen LogP contribution in [0.15, 0.2) is 24.3 Å². The Morgan fingerprint density at radius 1 is 1.06 bits per heavy atom. The normalized spacial score (nSPS) is 12.1. The van der Waals surface area contributed by atoms with Crippen molar-refractivity contribution < 1.29 is 77.5 Å². The molecule has 0 radical (unpaired) electrons. The van der Waals surface area contributed by atoms with E-state index < -0.39 is 25.0 Å². The van der Waals surface area contributed by atoms with E-state index in [4.69, 9.17) is 0 Å². The summed E-state index contributed by atoms with van der Waals surface area (Å²) in [6, 6.07) is 3.30. The molecule has 84 valence electrons. The molecule has 0 atom stereocenters. The Hall–Kier alpha value is 0.501. The van der Waals surface area contributed by atoms with Crippen LogP contribution in [0.4, 0.5) is 26.1 Å². The van der Waals surface area contributed by atoms with E-state index in [0.29, 0.717) is 6.07 Å². The first kappa shape index (κ1) is 16.5. The average molecular weight is 266 g/mol. The number of hydrogen-bond donors (Lipinski definition) is 0. The summed E-state index contributed by atoms with van der Waals surface area (Å²) in [5.74, 6) is 0. The van der Waals surface area contributed by atoms with Crippen molar-refractivity contribution in [1.82, 2.24) is 0 Å². The van der Waals surface area contributed by atoms with Gasteiger partial charge >= 0.3 is 64.5 Å². The molecular formula is C8H6BF6K. The fourth-order valence-corrected chi connectivity index (χ4v) is 1.14. The molecule has 16 heavy (non-hydrogen) atoms. The molecule has 0 N–H and O–H groups in total. The first-order valence-electron chi connectivity index (χ1n) is 4.04. The quantitative estimate of drug-likeness (QED) is 0.516. The van der Waals surface area contributed by atoms with Gasteiger partial charge in [0.1, 0.15) is 0 Å². The molecule has 0 spiro atoms. The van der Waals surface area contributed by atoms with Crippen LogP contribution < -0.4 is 56.8 Å². The zero-order chi connectivity index (χ0) is 11.7. The van der Waals surface area contributed by atoms with Crippen molar-refractivity contribution in [2.45, 2.75) is 12.6 Å². The first-order chi connectivity index (χ1) is 6.68. The topological polar surface area (TPSA) is 0 Å². The maximum absolute atomic E-state index is 12.2. The molecular weight excluding hydrogens is 260 g/mol. The van der Waals surface area contributed by atoms with E-state index >= 15 is 0 Å². The Morgan fingerprint density at radius 2 is 1.62 bits per heavy atom. The van der Waals surface area contributed by atoms with Crippen molar-refractivity contribution in [3.8, 4) is 0 Å². The second-order valence-electron chi connectivity index (χ2n) is 3.11. The van der Waals surface area contributed by atoms with Crippen LogP contribution in [-0.2, 0) is 6.42 Å². The third-order valence-electron chi connectivity index (χ3n) is 1.73. The summed E-state index contributed by atoms with van der Waals surface area (Å²) in [7, 11) is 0. The van der Waals surface area contributed by atoms with Crippen LogP contribution in [0.3, 0.4) is 0 Å². The van der Waals surface area contributed by atoms with E-state index in [1.807, 2.05) is 0 Å². The van der Waals surface area contributed by atoms with Crippen LogP contribution >= 0.6 is 0 Å². The monoisotopic (exact) mass is 266 g/mol. The van der Waals surface area contributed by atoms with Crippen molar-refractivity contribution >= 4 is 12.4 Å². The molecule has 0 aliphatic carbocycles. The molecule has 1 aromatic rings. The molecule has 0 aliphatic heterocycles. The van der Waals surface area contributed by atoms with Crippen LogP contribution in [-0.4, -0.2) is 13.2 Å². The van der Waals surface area contributed by atoms with E-state index in [2.05, 4.69) is 0 Å². The molecule has 0 aromatic heterocycles. The summed E-state index contributed by atoms with van der Waals surface area (Å²) in [4.78, 5) is 0. The van der Waals surface area contributed by atoms with Gasteiger partial charge in [-0.1, -0.05) is 24.3 Å². The summed E-state index contributed by atoms with van der Waals surface area (Å²) >= 11 is 0. The van der Waals surface area contributed by atoms with Gasteiger partial charge < -0.3 is 12.9 Å². The summed E-state index contributed by atoms with van der Waals surface area (Å²) in [6.07, 6.45) is -5.83. The van der Waals surface area contributed by atoms with Gasteiger partial charge in [0.25, 0.3) is 0 Å². The molecule has 0 saturated carbocycles. The maximum atomic E-state index is 12.2. The van der Waals surface area contributed by atoms with Crippen LogP contribution in [0, 0.1) is 0 Å². The largest absolute Gasteiger partial charge is 1.00 e. The Balaban J connectivity index is 0.00000225. The van der Waals surface area contributed by atoms with Gasteiger partial charge in [0.2, 0.25) is 0 Å². The zero-order valence-corrected chi connectivity index (χ0v) is 11.5. The Morgan fingerprint density at radius 3 is 2.06 bits per heavy atom. The zero-order valence-electron chi connectivity index (χ0n) is 8.36. The molecule has 0 unspecified atom stereocenters. The van der Waals surface area contributed by atoms with Crippen molar-refractivity contribution in [2.75, 3.05) is 0 Å². The van der Waals surface area contributed by atoms with Crippen LogP contribution in [0.2, 0.25) is 0 Å². The molecule has 8 heteroatoms. The molecule has 1 rings (SSSR count). The molecule has 0 bridgehead atoms. The smallest absolute Gasteiger partial charge is 0.445 e. The molecule has 0 nitrogen and oxygen atoms in total. The van der Waals surface area contributed by atoms with Crippen molar-refractivity contribution in [3.63, 3.8) is 0 Å². The number of rotatable bonds is 2. The second kappa shape index (κ2) is 5.90. The van der Waals surface area contributed by atoms with Crippen LogP contribution in [0.5, 0.6) is 0 Å². The van der Waals surface area contributed by atoms with Crippen molar-refractivity contribution in [1.29, 1.82) is 0 Å².